The minimum Gasteiger partial charge on any atom is -0.398 e. The van der Waals surface area contributed by atoms with Gasteiger partial charge in [-0.3, -0.25) is 9.78 Å². The van der Waals surface area contributed by atoms with Crippen molar-refractivity contribution in [1.82, 2.24) is 4.98 Å². The molecule has 0 fully saturated rings. The predicted molar refractivity (Wildman–Crippen MR) is 77.3 cm³/mol. The first kappa shape index (κ1) is 13.1. The Balaban J connectivity index is 2.23. The van der Waals surface area contributed by atoms with Gasteiger partial charge in [0.2, 0.25) is 0 Å². The molecule has 1 heterocycles. The number of hydrogen-bond donors (Lipinski definition) is 2. The molecule has 4 nitrogen and oxygen atoms in total. The summed E-state index contributed by atoms with van der Waals surface area (Å²) in [4.78, 5) is 16.4. The third-order valence-electron chi connectivity index (χ3n) is 3.01. The summed E-state index contributed by atoms with van der Waals surface area (Å²) in [6.45, 7) is 5.65. The number of aromatic nitrogens is 1. The quantitative estimate of drug-likeness (QED) is 0.811. The first-order valence-corrected chi connectivity index (χ1v) is 6.09. The molecule has 1 aromatic carbocycles. The van der Waals surface area contributed by atoms with E-state index in [9.17, 15) is 4.79 Å². The average molecular weight is 255 g/mol. The Morgan fingerprint density at radius 2 is 1.89 bits per heavy atom. The van der Waals surface area contributed by atoms with Gasteiger partial charge < -0.3 is 11.1 Å². The summed E-state index contributed by atoms with van der Waals surface area (Å²) in [5.41, 5.74) is 10.4. The van der Waals surface area contributed by atoms with E-state index in [1.54, 1.807) is 12.1 Å². The van der Waals surface area contributed by atoms with Gasteiger partial charge in [-0.1, -0.05) is 6.07 Å². The fraction of sp³-hybridized carbons (Fsp3) is 0.200. The molecule has 4 heteroatoms. The van der Waals surface area contributed by atoms with Crippen molar-refractivity contribution >= 4 is 17.3 Å². The molecule has 0 bridgehead atoms. The lowest BCUT2D eigenvalue weighted by Crippen LogP contribution is -2.14. The molecule has 0 saturated carbocycles. The molecule has 2 aromatic rings. The average Bonchev–Trinajstić information content (AvgIpc) is 2.33. The van der Waals surface area contributed by atoms with Crippen LogP contribution < -0.4 is 11.1 Å². The van der Waals surface area contributed by atoms with Gasteiger partial charge in [0.1, 0.15) is 0 Å². The zero-order chi connectivity index (χ0) is 14.0. The van der Waals surface area contributed by atoms with E-state index in [0.29, 0.717) is 16.9 Å². The molecular weight excluding hydrogens is 238 g/mol. The van der Waals surface area contributed by atoms with Crippen LogP contribution in [0.15, 0.2) is 30.3 Å². The zero-order valence-corrected chi connectivity index (χ0v) is 11.3. The molecule has 1 aromatic heterocycles. The molecule has 0 aliphatic carbocycles. The summed E-state index contributed by atoms with van der Waals surface area (Å²) in [6, 6.07) is 9.08. The van der Waals surface area contributed by atoms with Crippen LogP contribution >= 0.6 is 0 Å². The second-order valence-corrected chi connectivity index (χ2v) is 4.61. The molecule has 0 saturated heterocycles. The highest BCUT2D eigenvalue weighted by molar-refractivity contribution is 6.05. The molecule has 0 atom stereocenters. The van der Waals surface area contributed by atoms with Gasteiger partial charge in [0.05, 0.1) is 11.3 Å². The van der Waals surface area contributed by atoms with E-state index in [-0.39, 0.29) is 5.91 Å². The Morgan fingerprint density at radius 3 is 2.53 bits per heavy atom. The second kappa shape index (κ2) is 5.10. The van der Waals surface area contributed by atoms with Gasteiger partial charge in [-0.2, -0.15) is 0 Å². The van der Waals surface area contributed by atoms with E-state index in [1.807, 2.05) is 39.0 Å². The summed E-state index contributed by atoms with van der Waals surface area (Å²) in [5.74, 6) is -0.173. The number of carbonyl (C=O) groups is 1. The lowest BCUT2D eigenvalue weighted by atomic mass is 10.1. The molecule has 98 valence electrons. The smallest absolute Gasteiger partial charge is 0.257 e. The minimum absolute atomic E-state index is 0.173. The van der Waals surface area contributed by atoms with Crippen LogP contribution in [0, 0.1) is 20.8 Å². The van der Waals surface area contributed by atoms with Gasteiger partial charge in [0, 0.05) is 17.1 Å². The number of nitrogens with two attached hydrogens (primary N) is 1. The van der Waals surface area contributed by atoms with E-state index >= 15 is 0 Å². The van der Waals surface area contributed by atoms with Crippen LogP contribution in [0.3, 0.4) is 0 Å². The minimum atomic E-state index is -0.173. The Morgan fingerprint density at radius 1 is 1.16 bits per heavy atom. The summed E-state index contributed by atoms with van der Waals surface area (Å²) >= 11 is 0. The van der Waals surface area contributed by atoms with E-state index in [2.05, 4.69) is 10.3 Å². The zero-order valence-electron chi connectivity index (χ0n) is 11.3. The lowest BCUT2D eigenvalue weighted by Gasteiger charge is -2.09. The molecule has 2 rings (SSSR count). The topological polar surface area (TPSA) is 68.0 Å². The van der Waals surface area contributed by atoms with Crippen molar-refractivity contribution in [2.24, 2.45) is 0 Å². The third kappa shape index (κ3) is 2.91. The fourth-order valence-corrected chi connectivity index (χ4v) is 1.84. The van der Waals surface area contributed by atoms with Crippen LogP contribution in [0.5, 0.6) is 0 Å². The van der Waals surface area contributed by atoms with Crippen molar-refractivity contribution in [2.45, 2.75) is 20.8 Å². The SMILES string of the molecule is Cc1ccc(C(=O)Nc2ccc(C)c(N)c2)c(C)n1. The maximum Gasteiger partial charge on any atom is 0.257 e. The van der Waals surface area contributed by atoms with Crippen LogP contribution in [0.4, 0.5) is 11.4 Å². The number of carbonyl (C=O) groups excluding carboxylic acids is 1. The number of rotatable bonds is 2. The van der Waals surface area contributed by atoms with Crippen LogP contribution in [0.1, 0.15) is 27.3 Å². The number of nitrogens with zero attached hydrogens (tertiary/aromatic N) is 1. The van der Waals surface area contributed by atoms with Crippen molar-refractivity contribution in [1.29, 1.82) is 0 Å². The highest BCUT2D eigenvalue weighted by Crippen LogP contribution is 2.18. The Bertz CT molecular complexity index is 635. The normalized spacial score (nSPS) is 10.3. The van der Waals surface area contributed by atoms with Crippen LogP contribution in [0.2, 0.25) is 0 Å². The highest BCUT2D eigenvalue weighted by Gasteiger charge is 2.10. The summed E-state index contributed by atoms with van der Waals surface area (Å²) in [7, 11) is 0. The van der Waals surface area contributed by atoms with Crippen molar-refractivity contribution in [3.63, 3.8) is 0 Å². The maximum atomic E-state index is 12.2. The number of amides is 1. The number of nitrogens with one attached hydrogen (secondary N) is 1. The van der Waals surface area contributed by atoms with Crippen molar-refractivity contribution in [3.05, 3.63) is 52.8 Å². The molecule has 0 aliphatic heterocycles. The summed E-state index contributed by atoms with van der Waals surface area (Å²) in [5, 5.41) is 2.83. The standard InChI is InChI=1S/C15H17N3O/c1-9-4-6-12(8-14(9)16)18-15(19)13-7-5-10(2)17-11(13)3/h4-8H,16H2,1-3H3,(H,18,19). The molecule has 3 N–H and O–H groups in total. The maximum absolute atomic E-state index is 12.2. The van der Waals surface area contributed by atoms with E-state index < -0.39 is 0 Å². The number of pyridine rings is 1. The highest BCUT2D eigenvalue weighted by atomic mass is 16.1. The van der Waals surface area contributed by atoms with Gasteiger partial charge in [0.25, 0.3) is 5.91 Å². The third-order valence-corrected chi connectivity index (χ3v) is 3.01. The van der Waals surface area contributed by atoms with Crippen molar-refractivity contribution in [2.75, 3.05) is 11.1 Å². The molecule has 0 spiro atoms. The molecule has 1 amide bonds. The van der Waals surface area contributed by atoms with Gasteiger partial charge in [-0.25, -0.2) is 0 Å². The van der Waals surface area contributed by atoms with Gasteiger partial charge in [0.15, 0.2) is 0 Å². The number of nitrogen functional groups attached to an aromatic ring is 1. The van der Waals surface area contributed by atoms with E-state index in [1.165, 1.54) is 0 Å². The Hall–Kier alpha value is -2.36. The van der Waals surface area contributed by atoms with E-state index in [4.69, 9.17) is 5.73 Å². The number of benzene rings is 1. The summed E-state index contributed by atoms with van der Waals surface area (Å²) in [6.07, 6.45) is 0. The number of hydrogen-bond acceptors (Lipinski definition) is 3. The molecule has 19 heavy (non-hydrogen) atoms. The van der Waals surface area contributed by atoms with Gasteiger partial charge in [-0.05, 0) is 50.6 Å². The number of aryl methyl sites for hydroxylation is 3. The lowest BCUT2D eigenvalue weighted by molar-refractivity contribution is 0.102. The van der Waals surface area contributed by atoms with Crippen molar-refractivity contribution in [3.8, 4) is 0 Å². The molecular formula is C15H17N3O. The fourth-order valence-electron chi connectivity index (χ4n) is 1.84. The monoisotopic (exact) mass is 255 g/mol. The summed E-state index contributed by atoms with van der Waals surface area (Å²) < 4.78 is 0. The molecule has 0 unspecified atom stereocenters. The van der Waals surface area contributed by atoms with Crippen molar-refractivity contribution < 1.29 is 4.79 Å². The van der Waals surface area contributed by atoms with Crippen LogP contribution in [0.25, 0.3) is 0 Å². The Labute approximate surface area is 112 Å². The first-order valence-electron chi connectivity index (χ1n) is 6.09. The Kier molecular flexibility index (Phi) is 3.51. The second-order valence-electron chi connectivity index (χ2n) is 4.61. The predicted octanol–water partition coefficient (Wildman–Crippen LogP) is 2.84. The van der Waals surface area contributed by atoms with Gasteiger partial charge >= 0.3 is 0 Å². The van der Waals surface area contributed by atoms with E-state index in [0.717, 1.165) is 17.0 Å². The number of anilines is 2. The van der Waals surface area contributed by atoms with Crippen LogP contribution in [-0.4, -0.2) is 10.9 Å². The largest absolute Gasteiger partial charge is 0.398 e. The first-order chi connectivity index (χ1) is 8.97. The molecule has 0 radical (unpaired) electrons. The van der Waals surface area contributed by atoms with Crippen LogP contribution in [-0.2, 0) is 0 Å². The van der Waals surface area contributed by atoms with Gasteiger partial charge in [-0.15, -0.1) is 0 Å². The molecule has 0 aliphatic rings.